The van der Waals surface area contributed by atoms with Crippen molar-refractivity contribution < 1.29 is 22.7 Å². The lowest BCUT2D eigenvalue weighted by Gasteiger charge is -2.34. The maximum atomic E-state index is 12.6. The van der Waals surface area contributed by atoms with Crippen LogP contribution in [0.5, 0.6) is 0 Å². The highest BCUT2D eigenvalue weighted by atomic mass is 79.9. The van der Waals surface area contributed by atoms with Gasteiger partial charge in [0.15, 0.2) is 0 Å². The second-order valence-electron chi connectivity index (χ2n) is 6.85. The number of aromatic amines is 1. The molecule has 174 valence electrons. The molecule has 0 bridgehead atoms. The molecule has 0 saturated carbocycles. The van der Waals surface area contributed by atoms with E-state index in [2.05, 4.69) is 41.4 Å². The van der Waals surface area contributed by atoms with Gasteiger partial charge in [0.05, 0.1) is 37.1 Å². The standard InChI is InChI=1S/C18H21BrF3N7O3/c19-15-13(11-26-27-16(15)31)23-2-8-32-7-1-14(30)28-3-5-29(6-4-28)17-24-9-12(10-25-17)18(20,21)22/h9-11H,1-8H2,(H2,23,27,31). The van der Waals surface area contributed by atoms with Gasteiger partial charge in [-0.1, -0.05) is 0 Å². The molecule has 1 aliphatic heterocycles. The SMILES string of the molecule is O=C(CCOCCNc1cn[nH]c(=O)c1Br)N1CCN(c2ncc(C(F)(F)F)cn2)CC1. The molecular weight excluding hydrogens is 499 g/mol. The van der Waals surface area contributed by atoms with Crippen molar-refractivity contribution in [1.29, 1.82) is 0 Å². The third-order valence-corrected chi connectivity index (χ3v) is 5.49. The molecule has 0 aliphatic carbocycles. The highest BCUT2D eigenvalue weighted by Gasteiger charge is 2.32. The maximum Gasteiger partial charge on any atom is 0.419 e. The van der Waals surface area contributed by atoms with Gasteiger partial charge >= 0.3 is 6.18 Å². The van der Waals surface area contributed by atoms with Crippen LogP contribution < -0.4 is 15.8 Å². The van der Waals surface area contributed by atoms with E-state index in [9.17, 15) is 22.8 Å². The maximum absolute atomic E-state index is 12.6. The quantitative estimate of drug-likeness (QED) is 0.504. The zero-order chi connectivity index (χ0) is 23.1. The second-order valence-corrected chi connectivity index (χ2v) is 7.65. The molecule has 0 atom stereocenters. The molecule has 2 N–H and O–H groups in total. The molecule has 0 aromatic carbocycles. The molecule has 1 aliphatic rings. The summed E-state index contributed by atoms with van der Waals surface area (Å²) in [4.78, 5) is 34.8. The number of aromatic nitrogens is 4. The van der Waals surface area contributed by atoms with Crippen molar-refractivity contribution in [3.8, 4) is 0 Å². The van der Waals surface area contributed by atoms with E-state index < -0.39 is 11.7 Å². The molecule has 0 unspecified atom stereocenters. The number of carbonyl (C=O) groups excluding carboxylic acids is 1. The Morgan fingerprint density at radius 1 is 1.16 bits per heavy atom. The summed E-state index contributed by atoms with van der Waals surface area (Å²) in [6.07, 6.45) is -1.26. The number of hydrogen-bond acceptors (Lipinski definition) is 8. The average Bonchev–Trinajstić information content (AvgIpc) is 2.78. The number of amides is 1. The van der Waals surface area contributed by atoms with Gasteiger partial charge in [-0.2, -0.15) is 18.3 Å². The number of piperazine rings is 1. The number of carbonyl (C=O) groups is 1. The highest BCUT2D eigenvalue weighted by Crippen LogP contribution is 2.28. The Kier molecular flexibility index (Phi) is 8.01. The van der Waals surface area contributed by atoms with E-state index in [4.69, 9.17) is 4.74 Å². The van der Waals surface area contributed by atoms with E-state index in [0.717, 1.165) is 12.4 Å². The van der Waals surface area contributed by atoms with Crippen LogP contribution in [0.3, 0.4) is 0 Å². The molecule has 0 radical (unpaired) electrons. The normalized spacial score (nSPS) is 14.5. The molecule has 2 aromatic heterocycles. The van der Waals surface area contributed by atoms with Gasteiger partial charge in [0, 0.05) is 45.1 Å². The van der Waals surface area contributed by atoms with E-state index in [-0.39, 0.29) is 30.4 Å². The van der Waals surface area contributed by atoms with Gasteiger partial charge in [0.2, 0.25) is 11.9 Å². The Labute approximate surface area is 189 Å². The summed E-state index contributed by atoms with van der Waals surface area (Å²) in [6.45, 7) is 2.73. The smallest absolute Gasteiger partial charge is 0.380 e. The Balaban J connectivity index is 1.33. The molecule has 3 heterocycles. The lowest BCUT2D eigenvalue weighted by atomic mass is 10.3. The van der Waals surface area contributed by atoms with Crippen LogP contribution in [-0.4, -0.2) is 76.9 Å². The Morgan fingerprint density at radius 3 is 2.50 bits per heavy atom. The van der Waals surface area contributed by atoms with Gasteiger partial charge in [-0.15, -0.1) is 0 Å². The first-order valence-corrected chi connectivity index (χ1v) is 10.5. The number of rotatable bonds is 8. The molecule has 1 amide bonds. The van der Waals surface area contributed by atoms with E-state index in [1.165, 1.54) is 6.20 Å². The Hall–Kier alpha value is -2.74. The molecule has 10 nitrogen and oxygen atoms in total. The number of hydrogen-bond donors (Lipinski definition) is 2. The summed E-state index contributed by atoms with van der Waals surface area (Å²) in [7, 11) is 0. The molecule has 14 heteroatoms. The number of halogens is 4. The van der Waals surface area contributed by atoms with Crippen LogP contribution in [-0.2, 0) is 15.7 Å². The first kappa shape index (κ1) is 23.9. The summed E-state index contributed by atoms with van der Waals surface area (Å²) in [6, 6.07) is 0. The van der Waals surface area contributed by atoms with Crippen LogP contribution in [0.1, 0.15) is 12.0 Å². The van der Waals surface area contributed by atoms with Crippen molar-refractivity contribution in [3.05, 3.63) is 39.0 Å². The van der Waals surface area contributed by atoms with Gasteiger partial charge < -0.3 is 19.9 Å². The summed E-state index contributed by atoms with van der Waals surface area (Å²) >= 11 is 3.16. The third kappa shape index (κ3) is 6.38. The first-order valence-electron chi connectivity index (χ1n) is 9.72. The summed E-state index contributed by atoms with van der Waals surface area (Å²) < 4.78 is 43.6. The minimum atomic E-state index is -4.48. The van der Waals surface area contributed by atoms with Gasteiger partial charge in [0.1, 0.15) is 4.47 Å². The third-order valence-electron chi connectivity index (χ3n) is 4.70. The minimum absolute atomic E-state index is 0.0625. The average molecular weight is 520 g/mol. The zero-order valence-electron chi connectivity index (χ0n) is 16.9. The molecule has 1 fully saturated rings. The molecule has 3 rings (SSSR count). The summed E-state index contributed by atoms with van der Waals surface area (Å²) in [5.41, 5.74) is -0.693. The molecule has 1 saturated heterocycles. The van der Waals surface area contributed by atoms with Gasteiger partial charge in [0.25, 0.3) is 5.56 Å². The van der Waals surface area contributed by atoms with Crippen molar-refractivity contribution in [2.75, 3.05) is 56.2 Å². The van der Waals surface area contributed by atoms with Gasteiger partial charge in [-0.3, -0.25) is 9.59 Å². The van der Waals surface area contributed by atoms with E-state index in [1.54, 1.807) is 9.80 Å². The molecule has 0 spiro atoms. The van der Waals surface area contributed by atoms with E-state index in [1.807, 2.05) is 0 Å². The van der Waals surface area contributed by atoms with Crippen LogP contribution >= 0.6 is 15.9 Å². The Bertz CT molecular complexity index is 964. The molecule has 2 aromatic rings. The number of alkyl halides is 3. The van der Waals surface area contributed by atoms with Crippen LogP contribution in [0.4, 0.5) is 24.8 Å². The fraction of sp³-hybridized carbons (Fsp3) is 0.500. The highest BCUT2D eigenvalue weighted by molar-refractivity contribution is 9.10. The number of ether oxygens (including phenoxy) is 1. The minimum Gasteiger partial charge on any atom is -0.380 e. The largest absolute Gasteiger partial charge is 0.419 e. The van der Waals surface area contributed by atoms with E-state index in [0.29, 0.717) is 49.5 Å². The number of nitrogens with zero attached hydrogens (tertiary/aromatic N) is 5. The zero-order valence-corrected chi connectivity index (χ0v) is 18.4. The molecule has 32 heavy (non-hydrogen) atoms. The van der Waals surface area contributed by atoms with Gasteiger partial charge in [-0.25, -0.2) is 15.1 Å². The fourth-order valence-electron chi connectivity index (χ4n) is 2.97. The van der Waals surface area contributed by atoms with E-state index >= 15 is 0 Å². The van der Waals surface area contributed by atoms with Crippen LogP contribution in [0.15, 0.2) is 27.9 Å². The second kappa shape index (κ2) is 10.7. The monoisotopic (exact) mass is 519 g/mol. The van der Waals surface area contributed by atoms with Crippen molar-refractivity contribution >= 4 is 33.5 Å². The summed E-state index contributed by atoms with van der Waals surface area (Å²) in [5.74, 6) is 0.149. The van der Waals surface area contributed by atoms with Crippen molar-refractivity contribution in [3.63, 3.8) is 0 Å². The Morgan fingerprint density at radius 2 is 1.84 bits per heavy atom. The molecular formula is C18H21BrF3N7O3. The van der Waals surface area contributed by atoms with Crippen LogP contribution in [0.2, 0.25) is 0 Å². The van der Waals surface area contributed by atoms with Crippen LogP contribution in [0, 0.1) is 0 Å². The predicted octanol–water partition coefficient (Wildman–Crippen LogP) is 1.51. The predicted molar refractivity (Wildman–Crippen MR) is 112 cm³/mol. The first-order chi connectivity index (χ1) is 15.3. The van der Waals surface area contributed by atoms with Crippen molar-refractivity contribution in [2.24, 2.45) is 0 Å². The van der Waals surface area contributed by atoms with Gasteiger partial charge in [-0.05, 0) is 15.9 Å². The number of H-pyrrole nitrogens is 1. The number of anilines is 2. The lowest BCUT2D eigenvalue weighted by molar-refractivity contribution is -0.138. The van der Waals surface area contributed by atoms with Crippen molar-refractivity contribution in [1.82, 2.24) is 25.1 Å². The topological polar surface area (TPSA) is 116 Å². The summed E-state index contributed by atoms with van der Waals surface area (Å²) in [5, 5.41) is 9.00. The number of nitrogens with one attached hydrogen (secondary N) is 2. The lowest BCUT2D eigenvalue weighted by Crippen LogP contribution is -2.49. The fourth-order valence-corrected chi connectivity index (χ4v) is 3.30. The van der Waals surface area contributed by atoms with Crippen molar-refractivity contribution in [2.45, 2.75) is 12.6 Å². The van der Waals surface area contributed by atoms with Crippen LogP contribution in [0.25, 0.3) is 0 Å².